The third-order valence-electron chi connectivity index (χ3n) is 3.69. The first kappa shape index (κ1) is 23.2. The molecule has 7 nitrogen and oxygen atoms in total. The van der Waals surface area contributed by atoms with Crippen molar-refractivity contribution in [2.24, 2.45) is 0 Å². The highest BCUT2D eigenvalue weighted by molar-refractivity contribution is 7.92. The number of halogens is 3. The summed E-state index contributed by atoms with van der Waals surface area (Å²) in [4.78, 5) is 23.2. The molecule has 0 radical (unpaired) electrons. The molecule has 30 heavy (non-hydrogen) atoms. The number of ether oxygens (including phenoxy) is 1. The van der Waals surface area contributed by atoms with E-state index < -0.39 is 34.6 Å². The van der Waals surface area contributed by atoms with Gasteiger partial charge in [-0.2, -0.15) is 13.2 Å². The summed E-state index contributed by atoms with van der Waals surface area (Å²) >= 11 is 0. The maximum absolute atomic E-state index is 12.4. The van der Waals surface area contributed by atoms with Gasteiger partial charge in [0.15, 0.2) is 0 Å². The van der Waals surface area contributed by atoms with Gasteiger partial charge in [-0.1, -0.05) is 6.92 Å². The van der Waals surface area contributed by atoms with E-state index in [1.165, 1.54) is 24.3 Å². The maximum Gasteiger partial charge on any atom is 0.405 e. The van der Waals surface area contributed by atoms with E-state index in [0.29, 0.717) is 6.42 Å². The van der Waals surface area contributed by atoms with Crippen molar-refractivity contribution in [3.63, 3.8) is 0 Å². The van der Waals surface area contributed by atoms with Crippen LogP contribution in [-0.4, -0.2) is 39.6 Å². The van der Waals surface area contributed by atoms with Crippen LogP contribution < -0.4 is 10.0 Å². The summed E-state index contributed by atoms with van der Waals surface area (Å²) < 4.78 is 68.7. The number of nitrogens with one attached hydrogen (secondary N) is 2. The van der Waals surface area contributed by atoms with Gasteiger partial charge in [0.25, 0.3) is 15.9 Å². The fourth-order valence-corrected chi connectivity index (χ4v) is 3.29. The van der Waals surface area contributed by atoms with E-state index in [2.05, 4.69) is 4.72 Å². The van der Waals surface area contributed by atoms with E-state index in [-0.39, 0.29) is 28.3 Å². The van der Waals surface area contributed by atoms with Crippen molar-refractivity contribution >= 4 is 27.6 Å². The fraction of sp³-hybridized carbons (Fsp3) is 0.263. The lowest BCUT2D eigenvalue weighted by Gasteiger charge is -2.10. The van der Waals surface area contributed by atoms with Gasteiger partial charge < -0.3 is 10.1 Å². The van der Waals surface area contributed by atoms with E-state index in [4.69, 9.17) is 4.74 Å². The predicted octanol–water partition coefficient (Wildman–Crippen LogP) is 3.35. The third kappa shape index (κ3) is 6.76. The number of anilines is 1. The van der Waals surface area contributed by atoms with Crippen molar-refractivity contribution < 1.29 is 35.9 Å². The summed E-state index contributed by atoms with van der Waals surface area (Å²) in [6.45, 7) is 0.638. The van der Waals surface area contributed by atoms with Gasteiger partial charge in [-0.3, -0.25) is 9.52 Å². The van der Waals surface area contributed by atoms with Gasteiger partial charge in [-0.15, -0.1) is 0 Å². The van der Waals surface area contributed by atoms with Crippen LogP contribution in [0.15, 0.2) is 53.4 Å². The fourth-order valence-electron chi connectivity index (χ4n) is 2.23. The topological polar surface area (TPSA) is 102 Å². The average Bonchev–Trinajstić information content (AvgIpc) is 2.70. The summed E-state index contributed by atoms with van der Waals surface area (Å²) in [6.07, 6.45) is -3.88. The molecular formula is C19H19F3N2O5S. The van der Waals surface area contributed by atoms with Crippen molar-refractivity contribution in [3.8, 4) is 0 Å². The molecule has 0 aliphatic rings. The number of esters is 1. The minimum atomic E-state index is -4.55. The molecule has 0 saturated carbocycles. The number of hydrogen-bond donors (Lipinski definition) is 2. The Morgan fingerprint density at radius 2 is 1.53 bits per heavy atom. The molecular weight excluding hydrogens is 425 g/mol. The number of alkyl halides is 3. The van der Waals surface area contributed by atoms with Gasteiger partial charge in [-0.05, 0) is 55.0 Å². The smallest absolute Gasteiger partial charge is 0.405 e. The first-order valence-electron chi connectivity index (χ1n) is 8.77. The molecule has 2 aromatic rings. The average molecular weight is 444 g/mol. The second kappa shape index (κ2) is 9.61. The Hall–Kier alpha value is -3.08. The number of carbonyl (C=O) groups excluding carboxylic acids is 2. The largest absolute Gasteiger partial charge is 0.462 e. The van der Waals surface area contributed by atoms with E-state index in [0.717, 1.165) is 24.3 Å². The number of carbonyl (C=O) groups is 2. The highest BCUT2D eigenvalue weighted by atomic mass is 32.2. The molecule has 0 spiro atoms. The number of benzene rings is 2. The zero-order chi connectivity index (χ0) is 22.4. The van der Waals surface area contributed by atoms with Crippen LogP contribution in [0, 0.1) is 0 Å². The van der Waals surface area contributed by atoms with Crippen LogP contribution in [-0.2, 0) is 14.8 Å². The summed E-state index contributed by atoms with van der Waals surface area (Å²) in [5.41, 5.74) is 0.336. The third-order valence-corrected chi connectivity index (χ3v) is 5.08. The van der Waals surface area contributed by atoms with Crippen molar-refractivity contribution in [1.29, 1.82) is 0 Å². The van der Waals surface area contributed by atoms with Gasteiger partial charge in [-0.25, -0.2) is 13.2 Å². The number of amides is 1. The molecule has 0 saturated heterocycles. The van der Waals surface area contributed by atoms with E-state index in [1.54, 1.807) is 5.32 Å². The summed E-state index contributed by atoms with van der Waals surface area (Å²) in [6, 6.07) is 9.99. The first-order chi connectivity index (χ1) is 14.0. The first-order valence-corrected chi connectivity index (χ1v) is 10.2. The number of rotatable bonds is 8. The Labute approximate surface area is 171 Å². The molecule has 0 aliphatic carbocycles. The Bertz CT molecular complexity index is 988. The van der Waals surface area contributed by atoms with Crippen molar-refractivity contribution in [3.05, 3.63) is 59.7 Å². The van der Waals surface area contributed by atoms with Gasteiger partial charge in [0, 0.05) is 11.3 Å². The van der Waals surface area contributed by atoms with Crippen molar-refractivity contribution in [2.45, 2.75) is 24.4 Å². The highest BCUT2D eigenvalue weighted by Crippen LogP contribution is 2.18. The molecule has 0 aliphatic heterocycles. The highest BCUT2D eigenvalue weighted by Gasteiger charge is 2.28. The van der Waals surface area contributed by atoms with E-state index in [9.17, 15) is 31.2 Å². The zero-order valence-corrected chi connectivity index (χ0v) is 16.6. The van der Waals surface area contributed by atoms with Crippen LogP contribution in [0.1, 0.15) is 34.1 Å². The molecule has 2 aromatic carbocycles. The van der Waals surface area contributed by atoms with Gasteiger partial charge in [0.2, 0.25) is 0 Å². The second-order valence-electron chi connectivity index (χ2n) is 6.14. The van der Waals surface area contributed by atoms with E-state index >= 15 is 0 Å². The molecule has 0 bridgehead atoms. The lowest BCUT2D eigenvalue weighted by molar-refractivity contribution is -0.123. The van der Waals surface area contributed by atoms with Crippen LogP contribution in [0.5, 0.6) is 0 Å². The Morgan fingerprint density at radius 3 is 2.07 bits per heavy atom. The minimum Gasteiger partial charge on any atom is -0.462 e. The second-order valence-corrected chi connectivity index (χ2v) is 7.82. The van der Waals surface area contributed by atoms with Crippen molar-refractivity contribution in [1.82, 2.24) is 5.32 Å². The maximum atomic E-state index is 12.4. The molecule has 0 unspecified atom stereocenters. The van der Waals surface area contributed by atoms with Gasteiger partial charge in [0.1, 0.15) is 6.54 Å². The molecule has 162 valence electrons. The normalized spacial score (nSPS) is 11.6. The van der Waals surface area contributed by atoms with Crippen molar-refractivity contribution in [2.75, 3.05) is 17.9 Å². The SMILES string of the molecule is CCCOC(=O)c1ccc(NS(=O)(=O)c2ccc(C(=O)NCC(F)(F)F)cc2)cc1. The molecule has 11 heteroatoms. The number of hydrogen-bond acceptors (Lipinski definition) is 5. The predicted molar refractivity (Wildman–Crippen MR) is 103 cm³/mol. The molecule has 2 rings (SSSR count). The van der Waals surface area contributed by atoms with Crippen LogP contribution in [0.2, 0.25) is 0 Å². The minimum absolute atomic E-state index is 0.117. The Balaban J connectivity index is 2.05. The quantitative estimate of drug-likeness (QED) is 0.608. The number of sulfonamides is 1. The molecule has 2 N–H and O–H groups in total. The molecule has 0 atom stereocenters. The van der Waals surface area contributed by atoms with Crippen LogP contribution >= 0.6 is 0 Å². The van der Waals surface area contributed by atoms with Crippen LogP contribution in [0.25, 0.3) is 0 Å². The molecule has 0 heterocycles. The summed E-state index contributed by atoms with van der Waals surface area (Å²) in [7, 11) is -4.02. The van der Waals surface area contributed by atoms with Gasteiger partial charge in [0.05, 0.1) is 17.1 Å². The lowest BCUT2D eigenvalue weighted by Crippen LogP contribution is -2.33. The zero-order valence-electron chi connectivity index (χ0n) is 15.8. The molecule has 1 amide bonds. The van der Waals surface area contributed by atoms with E-state index in [1.807, 2.05) is 6.92 Å². The van der Waals surface area contributed by atoms with Crippen LogP contribution in [0.3, 0.4) is 0 Å². The summed E-state index contributed by atoms with van der Waals surface area (Å²) in [5, 5.41) is 1.70. The molecule has 0 fully saturated rings. The van der Waals surface area contributed by atoms with Crippen LogP contribution in [0.4, 0.5) is 18.9 Å². The summed E-state index contributed by atoms with van der Waals surface area (Å²) in [5.74, 6) is -1.50. The standard InChI is InChI=1S/C19H19F3N2O5S/c1-2-11-29-18(26)14-3-7-15(8-4-14)24-30(27,28)16-9-5-13(6-10-16)17(25)23-12-19(20,21)22/h3-10,24H,2,11-12H2,1H3,(H,23,25). The van der Waals surface area contributed by atoms with Gasteiger partial charge >= 0.3 is 12.1 Å². The Morgan fingerprint density at radius 1 is 0.967 bits per heavy atom. The lowest BCUT2D eigenvalue weighted by atomic mass is 10.2. The monoisotopic (exact) mass is 444 g/mol. The Kier molecular flexibility index (Phi) is 7.43. The molecule has 0 aromatic heterocycles.